The third-order valence-electron chi connectivity index (χ3n) is 5.08. The van der Waals surface area contributed by atoms with Gasteiger partial charge in [0.05, 0.1) is 5.92 Å². The van der Waals surface area contributed by atoms with Crippen LogP contribution in [0.25, 0.3) is 0 Å². The smallest absolute Gasteiger partial charge is 0.242 e. The maximum atomic E-state index is 12.6. The van der Waals surface area contributed by atoms with Crippen molar-refractivity contribution in [2.75, 3.05) is 13.1 Å². The molecule has 128 valence electrons. The van der Waals surface area contributed by atoms with Gasteiger partial charge in [0.2, 0.25) is 17.7 Å². The summed E-state index contributed by atoms with van der Waals surface area (Å²) in [5.41, 5.74) is 1.04. The highest BCUT2D eigenvalue weighted by molar-refractivity contribution is 6.06. The number of piperidine rings is 1. The fourth-order valence-corrected chi connectivity index (χ4v) is 3.67. The molecule has 0 saturated carbocycles. The summed E-state index contributed by atoms with van der Waals surface area (Å²) in [6.45, 7) is 2.65. The van der Waals surface area contributed by atoms with E-state index in [0.29, 0.717) is 6.42 Å². The van der Waals surface area contributed by atoms with E-state index in [1.165, 1.54) is 0 Å². The highest BCUT2D eigenvalue weighted by Gasteiger charge is 2.40. The quantitative estimate of drug-likeness (QED) is 0.795. The SMILES string of the molecule is C[C@@H]1CCCCN1C(=O)CN1C(=O)C[C@H](Cc2ccccc2)C1=O. The van der Waals surface area contributed by atoms with Crippen molar-refractivity contribution in [1.82, 2.24) is 9.80 Å². The first-order chi connectivity index (χ1) is 11.6. The Bertz CT molecular complexity index is 629. The molecule has 1 aromatic carbocycles. The van der Waals surface area contributed by atoms with Gasteiger partial charge in [-0.05, 0) is 38.2 Å². The van der Waals surface area contributed by atoms with Crippen LogP contribution < -0.4 is 0 Å². The second kappa shape index (κ2) is 7.16. The average Bonchev–Trinajstić information content (AvgIpc) is 2.83. The summed E-state index contributed by atoms with van der Waals surface area (Å²) in [7, 11) is 0. The Morgan fingerprint density at radius 3 is 2.62 bits per heavy atom. The van der Waals surface area contributed by atoms with Crippen LogP contribution in [-0.4, -0.2) is 46.7 Å². The molecule has 2 fully saturated rings. The summed E-state index contributed by atoms with van der Waals surface area (Å²) in [5, 5.41) is 0. The lowest BCUT2D eigenvalue weighted by molar-refractivity contribution is -0.147. The Balaban J connectivity index is 1.62. The van der Waals surface area contributed by atoms with Gasteiger partial charge in [-0.15, -0.1) is 0 Å². The number of rotatable bonds is 4. The van der Waals surface area contributed by atoms with E-state index >= 15 is 0 Å². The number of carbonyl (C=O) groups excluding carboxylic acids is 3. The first-order valence-corrected chi connectivity index (χ1v) is 8.74. The zero-order chi connectivity index (χ0) is 17.1. The molecule has 2 saturated heterocycles. The summed E-state index contributed by atoms with van der Waals surface area (Å²) < 4.78 is 0. The molecular weight excluding hydrogens is 304 g/mol. The van der Waals surface area contributed by atoms with Gasteiger partial charge in [0.15, 0.2) is 0 Å². The summed E-state index contributed by atoms with van der Waals surface area (Å²) in [6, 6.07) is 9.89. The Morgan fingerprint density at radius 1 is 1.17 bits per heavy atom. The van der Waals surface area contributed by atoms with E-state index < -0.39 is 0 Å². The van der Waals surface area contributed by atoms with Gasteiger partial charge < -0.3 is 4.90 Å². The van der Waals surface area contributed by atoms with E-state index in [2.05, 4.69) is 0 Å². The Kier molecular flexibility index (Phi) is 4.97. The van der Waals surface area contributed by atoms with Crippen molar-refractivity contribution in [2.45, 2.75) is 45.1 Å². The maximum Gasteiger partial charge on any atom is 0.242 e. The number of nitrogens with zero attached hydrogens (tertiary/aromatic N) is 2. The predicted molar refractivity (Wildman–Crippen MR) is 90.0 cm³/mol. The lowest BCUT2D eigenvalue weighted by Crippen LogP contribution is -2.48. The van der Waals surface area contributed by atoms with E-state index in [9.17, 15) is 14.4 Å². The van der Waals surface area contributed by atoms with E-state index in [4.69, 9.17) is 0 Å². The second-order valence-electron chi connectivity index (χ2n) is 6.84. The summed E-state index contributed by atoms with van der Waals surface area (Å²) >= 11 is 0. The normalized spacial score (nSPS) is 24.5. The molecule has 2 aliphatic rings. The van der Waals surface area contributed by atoms with Crippen LogP contribution in [0.15, 0.2) is 30.3 Å². The van der Waals surface area contributed by atoms with Gasteiger partial charge >= 0.3 is 0 Å². The molecule has 0 unspecified atom stereocenters. The third-order valence-corrected chi connectivity index (χ3v) is 5.08. The van der Waals surface area contributed by atoms with Crippen LogP contribution in [-0.2, 0) is 20.8 Å². The van der Waals surface area contributed by atoms with Gasteiger partial charge in [-0.1, -0.05) is 30.3 Å². The molecule has 3 amide bonds. The van der Waals surface area contributed by atoms with Gasteiger partial charge in [0, 0.05) is 19.0 Å². The third kappa shape index (κ3) is 3.50. The van der Waals surface area contributed by atoms with Gasteiger partial charge in [-0.2, -0.15) is 0 Å². The van der Waals surface area contributed by atoms with Gasteiger partial charge in [-0.25, -0.2) is 0 Å². The van der Waals surface area contributed by atoms with Crippen molar-refractivity contribution in [3.8, 4) is 0 Å². The van der Waals surface area contributed by atoms with Crippen molar-refractivity contribution in [1.29, 1.82) is 0 Å². The minimum Gasteiger partial charge on any atom is -0.338 e. The van der Waals surface area contributed by atoms with Crippen molar-refractivity contribution < 1.29 is 14.4 Å². The molecule has 3 rings (SSSR count). The Labute approximate surface area is 142 Å². The number of likely N-dealkylation sites (tertiary alicyclic amines) is 2. The number of carbonyl (C=O) groups is 3. The zero-order valence-corrected chi connectivity index (χ0v) is 14.1. The molecule has 2 heterocycles. The number of hydrogen-bond donors (Lipinski definition) is 0. The van der Waals surface area contributed by atoms with Crippen molar-refractivity contribution in [2.24, 2.45) is 5.92 Å². The van der Waals surface area contributed by atoms with E-state index in [-0.39, 0.29) is 42.6 Å². The lowest BCUT2D eigenvalue weighted by atomic mass is 9.98. The van der Waals surface area contributed by atoms with Crippen LogP contribution in [0.5, 0.6) is 0 Å². The zero-order valence-electron chi connectivity index (χ0n) is 14.1. The van der Waals surface area contributed by atoms with Crippen LogP contribution >= 0.6 is 0 Å². The molecule has 1 aromatic rings. The fraction of sp³-hybridized carbons (Fsp3) is 0.526. The average molecular weight is 328 g/mol. The molecule has 0 spiro atoms. The molecule has 2 aliphatic heterocycles. The first kappa shape index (κ1) is 16.7. The van der Waals surface area contributed by atoms with Crippen LogP contribution in [0.3, 0.4) is 0 Å². The van der Waals surface area contributed by atoms with Crippen molar-refractivity contribution in [3.63, 3.8) is 0 Å². The molecule has 0 radical (unpaired) electrons. The van der Waals surface area contributed by atoms with Gasteiger partial charge in [0.25, 0.3) is 0 Å². The van der Waals surface area contributed by atoms with Crippen molar-refractivity contribution >= 4 is 17.7 Å². The number of hydrogen-bond acceptors (Lipinski definition) is 3. The topological polar surface area (TPSA) is 57.7 Å². The second-order valence-corrected chi connectivity index (χ2v) is 6.84. The monoisotopic (exact) mass is 328 g/mol. The van der Waals surface area contributed by atoms with Crippen LogP contribution in [0.2, 0.25) is 0 Å². The summed E-state index contributed by atoms with van der Waals surface area (Å²) in [4.78, 5) is 40.3. The molecule has 5 heteroatoms. The largest absolute Gasteiger partial charge is 0.338 e. The number of imide groups is 1. The summed E-state index contributed by atoms with van der Waals surface area (Å²) in [5.74, 6) is -0.878. The van der Waals surface area contributed by atoms with E-state index in [1.54, 1.807) is 0 Å². The van der Waals surface area contributed by atoms with Crippen LogP contribution in [0, 0.1) is 5.92 Å². The minimum atomic E-state index is -0.341. The molecule has 24 heavy (non-hydrogen) atoms. The maximum absolute atomic E-state index is 12.6. The van der Waals surface area contributed by atoms with Gasteiger partial charge in [0.1, 0.15) is 6.54 Å². The molecule has 0 aliphatic carbocycles. The van der Waals surface area contributed by atoms with Crippen molar-refractivity contribution in [3.05, 3.63) is 35.9 Å². The molecular formula is C19H24N2O3. The number of amides is 3. The molecule has 2 atom stereocenters. The molecule has 0 aromatic heterocycles. The molecule has 0 bridgehead atoms. The molecule has 5 nitrogen and oxygen atoms in total. The summed E-state index contributed by atoms with van der Waals surface area (Å²) in [6.07, 6.45) is 3.87. The standard InChI is InChI=1S/C19H24N2O3/c1-14-7-5-6-10-20(14)18(23)13-21-17(22)12-16(19(21)24)11-15-8-3-2-4-9-15/h2-4,8-9,14,16H,5-7,10-13H2,1H3/t14-,16+/m1/s1. The first-order valence-electron chi connectivity index (χ1n) is 8.74. The fourth-order valence-electron chi connectivity index (χ4n) is 3.67. The van der Waals surface area contributed by atoms with Gasteiger partial charge in [-0.3, -0.25) is 19.3 Å². The predicted octanol–water partition coefficient (Wildman–Crippen LogP) is 2.01. The lowest BCUT2D eigenvalue weighted by Gasteiger charge is -2.34. The van der Waals surface area contributed by atoms with Crippen LogP contribution in [0.1, 0.15) is 38.2 Å². The molecule has 0 N–H and O–H groups in total. The minimum absolute atomic E-state index is 0.104. The Hall–Kier alpha value is -2.17. The highest BCUT2D eigenvalue weighted by atomic mass is 16.2. The number of benzene rings is 1. The highest BCUT2D eigenvalue weighted by Crippen LogP contribution is 2.24. The van der Waals surface area contributed by atoms with E-state index in [0.717, 1.165) is 36.3 Å². The van der Waals surface area contributed by atoms with E-state index in [1.807, 2.05) is 42.2 Å². The Morgan fingerprint density at radius 2 is 1.92 bits per heavy atom. The van der Waals surface area contributed by atoms with Crippen LogP contribution in [0.4, 0.5) is 0 Å².